The molecule has 4 aromatic rings. The first kappa shape index (κ1) is 23.5. The van der Waals surface area contributed by atoms with Gasteiger partial charge in [0, 0.05) is 12.4 Å². The Morgan fingerprint density at radius 2 is 1.89 bits per heavy atom. The van der Waals surface area contributed by atoms with Crippen LogP contribution >= 0.6 is 0 Å². The Morgan fingerprint density at radius 1 is 1.14 bits per heavy atom. The van der Waals surface area contributed by atoms with Crippen molar-refractivity contribution in [2.24, 2.45) is 7.05 Å². The number of benzene rings is 2. The second-order valence-corrected chi connectivity index (χ2v) is 9.34. The highest BCUT2D eigenvalue weighted by molar-refractivity contribution is 7.92. The Kier molecular flexibility index (Phi) is 5.79. The Hall–Kier alpha value is -4.63. The van der Waals surface area contributed by atoms with Gasteiger partial charge >= 0.3 is 5.97 Å². The maximum atomic E-state index is 13.1. The Balaban J connectivity index is 1.73. The van der Waals surface area contributed by atoms with Crippen molar-refractivity contribution >= 4 is 44.2 Å². The van der Waals surface area contributed by atoms with Gasteiger partial charge in [-0.25, -0.2) is 13.2 Å². The maximum absolute atomic E-state index is 13.1. The number of anilines is 2. The van der Waals surface area contributed by atoms with Crippen molar-refractivity contribution < 1.29 is 27.6 Å². The molecule has 0 fully saturated rings. The number of carboxylic acids is 1. The van der Waals surface area contributed by atoms with E-state index in [0.29, 0.717) is 10.9 Å². The summed E-state index contributed by atoms with van der Waals surface area (Å²) in [7, 11) is -2.45. The van der Waals surface area contributed by atoms with E-state index in [1.165, 1.54) is 36.6 Å². The fourth-order valence-corrected chi connectivity index (χ4v) is 5.26. The number of nitrogens with zero attached hydrogens (tertiary/aromatic N) is 3. The number of carbonyl (C=O) groups is 2. The third-order valence-electron chi connectivity index (χ3n) is 5.40. The van der Waals surface area contributed by atoms with Gasteiger partial charge in [0.05, 0.1) is 34.1 Å². The summed E-state index contributed by atoms with van der Waals surface area (Å²) < 4.78 is 35.0. The van der Waals surface area contributed by atoms with Crippen molar-refractivity contribution in [3.8, 4) is 6.07 Å². The third-order valence-corrected chi connectivity index (χ3v) is 7.01. The molecule has 0 aliphatic heterocycles. The van der Waals surface area contributed by atoms with Crippen molar-refractivity contribution in [1.29, 1.82) is 5.26 Å². The lowest BCUT2D eigenvalue weighted by Gasteiger charge is -2.12. The second kappa shape index (κ2) is 8.62. The molecule has 0 aliphatic carbocycles. The van der Waals surface area contributed by atoms with Gasteiger partial charge in [0.2, 0.25) is 0 Å². The van der Waals surface area contributed by atoms with Gasteiger partial charge in [-0.2, -0.15) is 5.26 Å². The summed E-state index contributed by atoms with van der Waals surface area (Å²) in [4.78, 5) is 24.6. The van der Waals surface area contributed by atoms with Gasteiger partial charge in [-0.05, 0) is 44.2 Å². The lowest BCUT2D eigenvalue weighted by Crippen LogP contribution is -2.18. The van der Waals surface area contributed by atoms with Gasteiger partial charge in [-0.1, -0.05) is 17.3 Å². The molecule has 2 heterocycles. The van der Waals surface area contributed by atoms with Gasteiger partial charge in [-0.3, -0.25) is 9.52 Å². The van der Waals surface area contributed by atoms with E-state index in [9.17, 15) is 23.1 Å². The fourth-order valence-electron chi connectivity index (χ4n) is 3.86. The Bertz CT molecular complexity index is 1640. The minimum Gasteiger partial charge on any atom is -0.478 e. The van der Waals surface area contributed by atoms with Crippen LogP contribution < -0.4 is 10.0 Å². The van der Waals surface area contributed by atoms with E-state index in [4.69, 9.17) is 9.78 Å². The summed E-state index contributed by atoms with van der Waals surface area (Å²) in [6, 6.07) is 12.2. The van der Waals surface area contributed by atoms with Crippen LogP contribution in [0.2, 0.25) is 0 Å². The number of aromatic nitrogens is 2. The Labute approximate surface area is 199 Å². The monoisotopic (exact) mass is 493 g/mol. The molecule has 1 amide bonds. The van der Waals surface area contributed by atoms with E-state index in [1.54, 1.807) is 31.3 Å². The number of para-hydroxylation sites is 1. The topological polar surface area (TPSA) is 167 Å². The standard InChI is InChI=1S/C23H19N5O6S/c1-12-21(13(2)34-26-12)35(32,33)27-18-6-4-5-15-10-19(28(3)20(15)18)22(29)25-17-8-7-14(11-24)9-16(17)23(30)31/h4-10,27H,1-3H3,(H,25,29)(H,30,31). The summed E-state index contributed by atoms with van der Waals surface area (Å²) in [5, 5.41) is 25.3. The first-order valence-corrected chi connectivity index (χ1v) is 11.6. The molecule has 4 rings (SSSR count). The molecule has 0 saturated heterocycles. The summed E-state index contributed by atoms with van der Waals surface area (Å²) in [5.41, 5.74) is 0.964. The molecule has 0 spiro atoms. The molecule has 2 aromatic carbocycles. The smallest absolute Gasteiger partial charge is 0.337 e. The van der Waals surface area contributed by atoms with Crippen LogP contribution in [0.4, 0.5) is 11.4 Å². The molecule has 35 heavy (non-hydrogen) atoms. The molecule has 0 radical (unpaired) electrons. The predicted molar refractivity (Wildman–Crippen MR) is 126 cm³/mol. The summed E-state index contributed by atoms with van der Waals surface area (Å²) in [6.07, 6.45) is 0. The van der Waals surface area contributed by atoms with Gasteiger partial charge in [0.1, 0.15) is 11.4 Å². The normalized spacial score (nSPS) is 11.3. The minimum absolute atomic E-state index is 0.0195. The van der Waals surface area contributed by atoms with Gasteiger partial charge in [-0.15, -0.1) is 0 Å². The van der Waals surface area contributed by atoms with Crippen LogP contribution in [0.25, 0.3) is 10.9 Å². The van der Waals surface area contributed by atoms with Crippen molar-refractivity contribution in [2.75, 3.05) is 10.0 Å². The largest absolute Gasteiger partial charge is 0.478 e. The average Bonchev–Trinajstić information content (AvgIpc) is 3.33. The van der Waals surface area contributed by atoms with E-state index in [-0.39, 0.29) is 44.5 Å². The molecule has 0 bridgehead atoms. The highest BCUT2D eigenvalue weighted by Gasteiger charge is 2.26. The number of nitriles is 1. The number of carbonyl (C=O) groups excluding carboxylic acids is 1. The van der Waals surface area contributed by atoms with Crippen molar-refractivity contribution in [3.05, 3.63) is 70.7 Å². The third kappa shape index (κ3) is 4.20. The van der Waals surface area contributed by atoms with E-state index < -0.39 is 21.9 Å². The first-order chi connectivity index (χ1) is 16.5. The van der Waals surface area contributed by atoms with E-state index in [2.05, 4.69) is 15.2 Å². The number of aryl methyl sites for hydroxylation is 3. The first-order valence-electron chi connectivity index (χ1n) is 10.2. The van der Waals surface area contributed by atoms with Crippen molar-refractivity contribution in [1.82, 2.24) is 9.72 Å². The zero-order valence-corrected chi connectivity index (χ0v) is 19.6. The zero-order valence-electron chi connectivity index (χ0n) is 18.8. The molecule has 11 nitrogen and oxygen atoms in total. The average molecular weight is 494 g/mol. The van der Waals surface area contributed by atoms with Crippen LogP contribution in [0.1, 0.15) is 37.9 Å². The van der Waals surface area contributed by atoms with E-state index >= 15 is 0 Å². The second-order valence-electron chi connectivity index (χ2n) is 7.72. The van der Waals surface area contributed by atoms with Crippen LogP contribution in [0.15, 0.2) is 51.9 Å². The molecule has 12 heteroatoms. The van der Waals surface area contributed by atoms with Crippen LogP contribution in [0.5, 0.6) is 0 Å². The molecule has 0 saturated carbocycles. The quantitative estimate of drug-likeness (QED) is 0.367. The highest BCUT2D eigenvalue weighted by atomic mass is 32.2. The van der Waals surface area contributed by atoms with E-state index in [1.807, 2.05) is 6.07 Å². The number of carboxylic acid groups (broad SMARTS) is 1. The van der Waals surface area contributed by atoms with Gasteiger partial charge in [0.25, 0.3) is 15.9 Å². The van der Waals surface area contributed by atoms with Crippen LogP contribution in [0.3, 0.4) is 0 Å². The molecule has 0 aliphatic rings. The molecule has 0 unspecified atom stereocenters. The molecule has 2 aromatic heterocycles. The van der Waals surface area contributed by atoms with Gasteiger partial charge in [0.15, 0.2) is 10.7 Å². The highest BCUT2D eigenvalue weighted by Crippen LogP contribution is 2.30. The molecule has 0 atom stereocenters. The number of hydrogen-bond acceptors (Lipinski definition) is 7. The molecular formula is C23H19N5O6S. The fraction of sp³-hybridized carbons (Fsp3) is 0.130. The number of aromatic carboxylic acids is 1. The number of fused-ring (bicyclic) bond motifs is 1. The Morgan fingerprint density at radius 3 is 2.51 bits per heavy atom. The molecule has 3 N–H and O–H groups in total. The SMILES string of the molecule is Cc1noc(C)c1S(=O)(=O)Nc1cccc2cc(C(=O)Nc3ccc(C#N)cc3C(=O)O)n(C)c12. The number of rotatable bonds is 6. The van der Waals surface area contributed by atoms with Crippen LogP contribution in [-0.2, 0) is 17.1 Å². The summed E-state index contributed by atoms with van der Waals surface area (Å²) in [6.45, 7) is 3.01. The lowest BCUT2D eigenvalue weighted by atomic mass is 10.1. The molecular weight excluding hydrogens is 474 g/mol. The number of amides is 1. The zero-order chi connectivity index (χ0) is 25.5. The number of sulfonamides is 1. The predicted octanol–water partition coefficient (Wildman–Crippen LogP) is 3.41. The molecule has 178 valence electrons. The van der Waals surface area contributed by atoms with Crippen LogP contribution in [0, 0.1) is 25.2 Å². The number of nitrogens with one attached hydrogen (secondary N) is 2. The lowest BCUT2D eigenvalue weighted by molar-refractivity contribution is 0.0698. The van der Waals surface area contributed by atoms with Gasteiger partial charge < -0.3 is 19.5 Å². The van der Waals surface area contributed by atoms with Crippen molar-refractivity contribution in [2.45, 2.75) is 18.7 Å². The summed E-state index contributed by atoms with van der Waals surface area (Å²) in [5.74, 6) is -1.77. The van der Waals surface area contributed by atoms with Crippen molar-refractivity contribution in [3.63, 3.8) is 0 Å². The van der Waals surface area contributed by atoms with E-state index in [0.717, 1.165) is 0 Å². The minimum atomic E-state index is -4.03. The van der Waals surface area contributed by atoms with Crippen LogP contribution in [-0.4, -0.2) is 35.1 Å². The maximum Gasteiger partial charge on any atom is 0.337 e. The summed E-state index contributed by atoms with van der Waals surface area (Å²) >= 11 is 0. The number of hydrogen-bond donors (Lipinski definition) is 3.